The number of nitrogens with zero attached hydrogens (tertiary/aromatic N) is 2. The largest absolute Gasteiger partial charge is 0.379 e. The van der Waals surface area contributed by atoms with Crippen molar-refractivity contribution in [1.29, 1.82) is 0 Å². The first-order valence-electron chi connectivity index (χ1n) is 6.82. The number of aromatic nitrogens is 1. The molecular formula is C14H24N4O. The zero-order valence-corrected chi connectivity index (χ0v) is 11.8. The lowest BCUT2D eigenvalue weighted by molar-refractivity contribution is -0.0233. The molecule has 1 saturated heterocycles. The molecular weight excluding hydrogens is 240 g/mol. The number of hydrogen-bond donors (Lipinski definition) is 2. The summed E-state index contributed by atoms with van der Waals surface area (Å²) in [6.07, 6.45) is 4.54. The van der Waals surface area contributed by atoms with Gasteiger partial charge in [0.25, 0.3) is 0 Å². The molecule has 5 nitrogen and oxygen atoms in total. The first-order valence-corrected chi connectivity index (χ1v) is 6.82. The van der Waals surface area contributed by atoms with E-state index in [4.69, 9.17) is 10.6 Å². The molecule has 106 valence electrons. The average molecular weight is 264 g/mol. The predicted molar refractivity (Wildman–Crippen MR) is 75.5 cm³/mol. The maximum absolute atomic E-state index is 5.79. The molecule has 5 heteroatoms. The SMILES string of the molecule is CC(C)(C(Cc1ccncc1)NN)N1CCOCC1. The zero-order valence-electron chi connectivity index (χ0n) is 11.8. The fraction of sp³-hybridized carbons (Fsp3) is 0.643. The van der Waals surface area contributed by atoms with Gasteiger partial charge in [0.15, 0.2) is 0 Å². The van der Waals surface area contributed by atoms with E-state index in [1.165, 1.54) is 5.56 Å². The number of nitrogens with two attached hydrogens (primary N) is 1. The van der Waals surface area contributed by atoms with Gasteiger partial charge in [-0.3, -0.25) is 21.2 Å². The van der Waals surface area contributed by atoms with Crippen LogP contribution >= 0.6 is 0 Å². The summed E-state index contributed by atoms with van der Waals surface area (Å²) >= 11 is 0. The van der Waals surface area contributed by atoms with Crippen LogP contribution in [-0.2, 0) is 11.2 Å². The summed E-state index contributed by atoms with van der Waals surface area (Å²) in [7, 11) is 0. The molecule has 3 N–H and O–H groups in total. The molecule has 2 rings (SSSR count). The van der Waals surface area contributed by atoms with Gasteiger partial charge in [-0.25, -0.2) is 0 Å². The Morgan fingerprint density at radius 3 is 2.58 bits per heavy atom. The van der Waals surface area contributed by atoms with E-state index in [9.17, 15) is 0 Å². The Morgan fingerprint density at radius 2 is 2.00 bits per heavy atom. The number of nitrogens with one attached hydrogen (secondary N) is 1. The summed E-state index contributed by atoms with van der Waals surface area (Å²) in [6, 6.07) is 4.27. The van der Waals surface area contributed by atoms with E-state index in [0.29, 0.717) is 0 Å². The first kappa shape index (κ1) is 14.4. The maximum Gasteiger partial charge on any atom is 0.0594 e. The Hall–Kier alpha value is -1.01. The van der Waals surface area contributed by atoms with Crippen LogP contribution in [0.3, 0.4) is 0 Å². The smallest absolute Gasteiger partial charge is 0.0594 e. The van der Waals surface area contributed by atoms with E-state index in [2.05, 4.69) is 29.2 Å². The molecule has 19 heavy (non-hydrogen) atoms. The van der Waals surface area contributed by atoms with Gasteiger partial charge in [0.05, 0.1) is 13.2 Å². The quantitative estimate of drug-likeness (QED) is 0.601. The van der Waals surface area contributed by atoms with Crippen LogP contribution < -0.4 is 11.3 Å². The Balaban J connectivity index is 2.06. The first-order chi connectivity index (χ1) is 9.14. The molecule has 1 aliphatic heterocycles. The lowest BCUT2D eigenvalue weighted by Gasteiger charge is -2.45. The average Bonchev–Trinajstić information content (AvgIpc) is 2.46. The number of hydrogen-bond acceptors (Lipinski definition) is 5. The van der Waals surface area contributed by atoms with Crippen molar-refractivity contribution in [2.45, 2.75) is 31.8 Å². The van der Waals surface area contributed by atoms with E-state index in [0.717, 1.165) is 32.7 Å². The maximum atomic E-state index is 5.79. The van der Waals surface area contributed by atoms with E-state index < -0.39 is 0 Å². The minimum absolute atomic E-state index is 0.0121. The van der Waals surface area contributed by atoms with Gasteiger partial charge in [-0.15, -0.1) is 0 Å². The van der Waals surface area contributed by atoms with E-state index in [-0.39, 0.29) is 11.6 Å². The molecule has 1 unspecified atom stereocenters. The van der Waals surface area contributed by atoms with Crippen molar-refractivity contribution in [1.82, 2.24) is 15.3 Å². The number of ether oxygens (including phenoxy) is 1. The standard InChI is InChI=1S/C14H24N4O/c1-14(2,18-7-9-19-10-8-18)13(17-15)11-12-3-5-16-6-4-12/h3-6,13,17H,7-11,15H2,1-2H3. The van der Waals surface area contributed by atoms with E-state index >= 15 is 0 Å². The van der Waals surface area contributed by atoms with Gasteiger partial charge in [-0.1, -0.05) is 0 Å². The van der Waals surface area contributed by atoms with Crippen molar-refractivity contribution in [3.05, 3.63) is 30.1 Å². The molecule has 1 atom stereocenters. The monoisotopic (exact) mass is 264 g/mol. The number of rotatable bonds is 5. The minimum atomic E-state index is -0.0121. The second kappa shape index (κ2) is 6.43. The van der Waals surface area contributed by atoms with Crippen LogP contribution in [0.25, 0.3) is 0 Å². The zero-order chi connectivity index (χ0) is 13.7. The summed E-state index contributed by atoms with van der Waals surface area (Å²) in [4.78, 5) is 6.50. The third-order valence-electron chi connectivity index (χ3n) is 4.07. The topological polar surface area (TPSA) is 63.4 Å². The van der Waals surface area contributed by atoms with Gasteiger partial charge in [0.1, 0.15) is 0 Å². The summed E-state index contributed by atoms with van der Waals surface area (Å²) in [5.74, 6) is 5.79. The Bertz CT molecular complexity index is 376. The Kier molecular flexibility index (Phi) is 4.87. The highest BCUT2D eigenvalue weighted by molar-refractivity contribution is 5.13. The lowest BCUT2D eigenvalue weighted by atomic mass is 9.88. The number of morpholine rings is 1. The third-order valence-corrected chi connectivity index (χ3v) is 4.07. The van der Waals surface area contributed by atoms with Crippen LogP contribution in [0.5, 0.6) is 0 Å². The van der Waals surface area contributed by atoms with Crippen LogP contribution in [-0.4, -0.2) is 47.8 Å². The molecule has 0 aliphatic carbocycles. The number of hydrazine groups is 1. The fourth-order valence-corrected chi connectivity index (χ4v) is 2.63. The van der Waals surface area contributed by atoms with Crippen molar-refractivity contribution >= 4 is 0 Å². The predicted octanol–water partition coefficient (Wildman–Crippen LogP) is 0.567. The van der Waals surface area contributed by atoms with Gasteiger partial charge in [0.2, 0.25) is 0 Å². The van der Waals surface area contributed by atoms with Crippen LogP contribution in [0.2, 0.25) is 0 Å². The molecule has 0 saturated carbocycles. The highest BCUT2D eigenvalue weighted by atomic mass is 16.5. The van der Waals surface area contributed by atoms with Crippen LogP contribution in [0.4, 0.5) is 0 Å². The van der Waals surface area contributed by atoms with Gasteiger partial charge in [0, 0.05) is 37.1 Å². The van der Waals surface area contributed by atoms with E-state index in [1.807, 2.05) is 24.5 Å². The van der Waals surface area contributed by atoms with E-state index in [1.54, 1.807) is 0 Å². The van der Waals surface area contributed by atoms with Gasteiger partial charge >= 0.3 is 0 Å². The second-order valence-corrected chi connectivity index (χ2v) is 5.53. The molecule has 1 aromatic rings. The molecule has 0 aromatic carbocycles. The number of pyridine rings is 1. The van der Waals surface area contributed by atoms with Crippen molar-refractivity contribution in [2.24, 2.45) is 5.84 Å². The van der Waals surface area contributed by atoms with Gasteiger partial charge in [-0.2, -0.15) is 0 Å². The van der Waals surface area contributed by atoms with Crippen molar-refractivity contribution in [2.75, 3.05) is 26.3 Å². The Morgan fingerprint density at radius 1 is 1.37 bits per heavy atom. The van der Waals surface area contributed by atoms with Crippen LogP contribution in [0.15, 0.2) is 24.5 Å². The normalized spacial score (nSPS) is 19.3. The van der Waals surface area contributed by atoms with Crippen molar-refractivity contribution in [3.8, 4) is 0 Å². The van der Waals surface area contributed by atoms with Crippen LogP contribution in [0.1, 0.15) is 19.4 Å². The van der Waals surface area contributed by atoms with Gasteiger partial charge in [-0.05, 0) is 38.0 Å². The van der Waals surface area contributed by atoms with Crippen LogP contribution in [0, 0.1) is 0 Å². The second-order valence-electron chi connectivity index (χ2n) is 5.53. The van der Waals surface area contributed by atoms with Crippen molar-refractivity contribution < 1.29 is 4.74 Å². The molecule has 0 radical (unpaired) electrons. The molecule has 1 aliphatic rings. The Labute approximate surface area is 115 Å². The molecule has 0 bridgehead atoms. The summed E-state index contributed by atoms with van der Waals surface area (Å²) in [5.41, 5.74) is 4.22. The minimum Gasteiger partial charge on any atom is -0.379 e. The fourth-order valence-electron chi connectivity index (χ4n) is 2.63. The molecule has 0 spiro atoms. The highest BCUT2D eigenvalue weighted by Gasteiger charge is 2.35. The molecule has 1 aromatic heterocycles. The summed E-state index contributed by atoms with van der Waals surface area (Å²) in [6.45, 7) is 8.00. The molecule has 0 amide bonds. The summed E-state index contributed by atoms with van der Waals surface area (Å²) in [5, 5.41) is 0. The van der Waals surface area contributed by atoms with Gasteiger partial charge < -0.3 is 4.74 Å². The third kappa shape index (κ3) is 3.51. The van der Waals surface area contributed by atoms with Crippen molar-refractivity contribution in [3.63, 3.8) is 0 Å². The lowest BCUT2D eigenvalue weighted by Crippen LogP contribution is -2.62. The molecule has 1 fully saturated rings. The summed E-state index contributed by atoms with van der Waals surface area (Å²) < 4.78 is 5.42. The highest BCUT2D eigenvalue weighted by Crippen LogP contribution is 2.22. The molecule has 2 heterocycles.